The monoisotopic (exact) mass is 418 g/mol. The summed E-state index contributed by atoms with van der Waals surface area (Å²) in [6.07, 6.45) is 2.46. The van der Waals surface area contributed by atoms with Gasteiger partial charge in [-0.05, 0) is 49.9 Å². The molecule has 2 amide bonds. The van der Waals surface area contributed by atoms with Crippen LogP contribution in [0, 0.1) is 12.7 Å². The van der Waals surface area contributed by atoms with E-state index in [4.69, 9.17) is 0 Å². The van der Waals surface area contributed by atoms with E-state index in [1.165, 1.54) is 12.1 Å². The lowest BCUT2D eigenvalue weighted by Gasteiger charge is -2.35. The number of benzene rings is 2. The largest absolute Gasteiger partial charge is 0.352 e. The molecule has 31 heavy (non-hydrogen) atoms. The van der Waals surface area contributed by atoms with Gasteiger partial charge < -0.3 is 10.2 Å². The smallest absolute Gasteiger partial charge is 0.275 e. The molecular weight excluding hydrogens is 395 g/mol. The van der Waals surface area contributed by atoms with Crippen molar-refractivity contribution in [1.82, 2.24) is 20.0 Å². The number of hydrogen-bond donors (Lipinski definition) is 1. The van der Waals surface area contributed by atoms with Crippen molar-refractivity contribution in [1.29, 1.82) is 0 Å². The quantitative estimate of drug-likeness (QED) is 0.711. The molecular formula is C24H23FN4O2. The van der Waals surface area contributed by atoms with Gasteiger partial charge in [0.15, 0.2) is 5.69 Å². The fourth-order valence-corrected chi connectivity index (χ4v) is 4.62. The zero-order valence-electron chi connectivity index (χ0n) is 17.3. The van der Waals surface area contributed by atoms with E-state index in [0.717, 1.165) is 41.6 Å². The minimum absolute atomic E-state index is 0.189. The lowest BCUT2D eigenvalue weighted by molar-refractivity contribution is -0.128. The van der Waals surface area contributed by atoms with Crippen molar-refractivity contribution in [3.8, 4) is 5.69 Å². The van der Waals surface area contributed by atoms with Gasteiger partial charge >= 0.3 is 0 Å². The zero-order chi connectivity index (χ0) is 21.5. The lowest BCUT2D eigenvalue weighted by Crippen LogP contribution is -2.52. The first-order valence-electron chi connectivity index (χ1n) is 10.5. The van der Waals surface area contributed by atoms with Crippen molar-refractivity contribution < 1.29 is 14.0 Å². The Bertz CT molecular complexity index is 1190. The van der Waals surface area contributed by atoms with Crippen LogP contribution in [0.4, 0.5) is 4.39 Å². The number of carbonyl (C=O) groups excluding carboxylic acids is 2. The normalized spacial score (nSPS) is 18.1. The number of amides is 2. The standard InChI is InChI=1S/C24H23FN4O2/c1-15-5-2-6-16(13-15)22-23(30)26-11-12-28(22)24(31)21-19-9-4-10-20(19)29(27-21)18-8-3-7-17(25)14-18/h2-3,5-8,13-14,22H,4,9-12H2,1H3,(H,26,30). The molecule has 0 bridgehead atoms. The van der Waals surface area contributed by atoms with E-state index in [1.807, 2.05) is 31.2 Å². The molecule has 2 heterocycles. The highest BCUT2D eigenvalue weighted by Gasteiger charge is 2.38. The number of halogens is 1. The van der Waals surface area contributed by atoms with Crippen LogP contribution >= 0.6 is 0 Å². The van der Waals surface area contributed by atoms with Crippen LogP contribution in [-0.2, 0) is 17.6 Å². The van der Waals surface area contributed by atoms with Crippen LogP contribution in [0.25, 0.3) is 5.69 Å². The fraction of sp³-hybridized carbons (Fsp3) is 0.292. The van der Waals surface area contributed by atoms with Crippen LogP contribution in [0.1, 0.15) is 45.3 Å². The van der Waals surface area contributed by atoms with E-state index < -0.39 is 6.04 Å². The number of aryl methyl sites for hydroxylation is 1. The Hall–Kier alpha value is -3.48. The molecule has 2 aliphatic rings. The Morgan fingerprint density at radius 2 is 2.00 bits per heavy atom. The highest BCUT2D eigenvalue weighted by atomic mass is 19.1. The first kappa shape index (κ1) is 19.5. The predicted molar refractivity (Wildman–Crippen MR) is 114 cm³/mol. The second-order valence-electron chi connectivity index (χ2n) is 8.13. The van der Waals surface area contributed by atoms with Crippen LogP contribution in [0.2, 0.25) is 0 Å². The summed E-state index contributed by atoms with van der Waals surface area (Å²) in [5.41, 5.74) is 4.63. The molecule has 1 aliphatic heterocycles. The van der Waals surface area contributed by atoms with E-state index in [1.54, 1.807) is 21.7 Å². The van der Waals surface area contributed by atoms with E-state index >= 15 is 0 Å². The number of fused-ring (bicyclic) bond motifs is 1. The number of nitrogens with one attached hydrogen (secondary N) is 1. The van der Waals surface area contributed by atoms with Gasteiger partial charge in [0.1, 0.15) is 11.9 Å². The maximum atomic E-state index is 13.8. The molecule has 6 nitrogen and oxygen atoms in total. The number of nitrogens with zero attached hydrogens (tertiary/aromatic N) is 3. The molecule has 5 rings (SSSR count). The molecule has 1 unspecified atom stereocenters. The second kappa shape index (κ2) is 7.65. The summed E-state index contributed by atoms with van der Waals surface area (Å²) in [6.45, 7) is 2.77. The molecule has 7 heteroatoms. The number of piperazine rings is 1. The number of rotatable bonds is 3. The van der Waals surface area contributed by atoms with Gasteiger partial charge in [0.25, 0.3) is 5.91 Å². The summed E-state index contributed by atoms with van der Waals surface area (Å²) in [5.74, 6) is -0.791. The van der Waals surface area contributed by atoms with Crippen molar-refractivity contribution in [2.24, 2.45) is 0 Å². The first-order valence-corrected chi connectivity index (χ1v) is 10.5. The number of carbonyl (C=O) groups is 2. The highest BCUT2D eigenvalue weighted by Crippen LogP contribution is 2.31. The van der Waals surface area contributed by atoms with Crippen molar-refractivity contribution in [2.75, 3.05) is 13.1 Å². The minimum atomic E-state index is -0.697. The SMILES string of the molecule is Cc1cccc(C2C(=O)NCCN2C(=O)c2nn(-c3cccc(F)c3)c3c2CCC3)c1. The summed E-state index contributed by atoms with van der Waals surface area (Å²) in [5, 5.41) is 7.49. The first-order chi connectivity index (χ1) is 15.0. The zero-order valence-corrected chi connectivity index (χ0v) is 17.3. The summed E-state index contributed by atoms with van der Waals surface area (Å²) < 4.78 is 15.5. The van der Waals surface area contributed by atoms with E-state index in [9.17, 15) is 14.0 Å². The highest BCUT2D eigenvalue weighted by molar-refractivity contribution is 5.98. The molecule has 1 fully saturated rings. The summed E-state index contributed by atoms with van der Waals surface area (Å²) in [4.78, 5) is 28.1. The second-order valence-corrected chi connectivity index (χ2v) is 8.13. The molecule has 1 aromatic heterocycles. The van der Waals surface area contributed by atoms with Crippen molar-refractivity contribution in [2.45, 2.75) is 32.2 Å². The van der Waals surface area contributed by atoms with Crippen molar-refractivity contribution >= 4 is 11.8 Å². The third-order valence-corrected chi connectivity index (χ3v) is 6.02. The Balaban J connectivity index is 1.56. The number of hydrogen-bond acceptors (Lipinski definition) is 3. The summed E-state index contributed by atoms with van der Waals surface area (Å²) in [7, 11) is 0. The van der Waals surface area contributed by atoms with Crippen molar-refractivity contribution in [3.05, 3.63) is 82.4 Å². The predicted octanol–water partition coefficient (Wildman–Crippen LogP) is 3.12. The fourth-order valence-electron chi connectivity index (χ4n) is 4.62. The molecule has 158 valence electrons. The molecule has 3 aromatic rings. The molecule has 1 N–H and O–H groups in total. The Labute approximate surface area is 179 Å². The molecule has 0 radical (unpaired) electrons. The maximum absolute atomic E-state index is 13.8. The van der Waals surface area contributed by atoms with Gasteiger partial charge in [-0.3, -0.25) is 9.59 Å². The van der Waals surface area contributed by atoms with Gasteiger partial charge in [0.2, 0.25) is 5.91 Å². The Morgan fingerprint density at radius 3 is 2.81 bits per heavy atom. The molecule has 0 saturated carbocycles. The minimum Gasteiger partial charge on any atom is -0.352 e. The Morgan fingerprint density at radius 1 is 1.16 bits per heavy atom. The maximum Gasteiger partial charge on any atom is 0.275 e. The molecule has 0 spiro atoms. The van der Waals surface area contributed by atoms with Gasteiger partial charge in [0.05, 0.1) is 5.69 Å². The summed E-state index contributed by atoms with van der Waals surface area (Å²) in [6, 6.07) is 13.2. The number of aromatic nitrogens is 2. The Kier molecular flexibility index (Phi) is 4.81. The van der Waals surface area contributed by atoms with Gasteiger partial charge in [-0.2, -0.15) is 5.10 Å². The van der Waals surface area contributed by atoms with E-state index in [0.29, 0.717) is 24.5 Å². The molecule has 1 saturated heterocycles. The van der Waals surface area contributed by atoms with Gasteiger partial charge in [-0.25, -0.2) is 9.07 Å². The average Bonchev–Trinajstić information content (AvgIpc) is 3.36. The van der Waals surface area contributed by atoms with Gasteiger partial charge in [0, 0.05) is 24.3 Å². The van der Waals surface area contributed by atoms with Crippen LogP contribution in [0.5, 0.6) is 0 Å². The van der Waals surface area contributed by atoms with Crippen LogP contribution in [0.3, 0.4) is 0 Å². The van der Waals surface area contributed by atoms with Crippen molar-refractivity contribution in [3.63, 3.8) is 0 Å². The topological polar surface area (TPSA) is 67.2 Å². The van der Waals surface area contributed by atoms with Gasteiger partial charge in [-0.1, -0.05) is 35.9 Å². The molecule has 1 atom stereocenters. The third-order valence-electron chi connectivity index (χ3n) is 6.02. The van der Waals surface area contributed by atoms with Gasteiger partial charge in [-0.15, -0.1) is 0 Å². The van der Waals surface area contributed by atoms with Crippen LogP contribution < -0.4 is 5.32 Å². The van der Waals surface area contributed by atoms with E-state index in [2.05, 4.69) is 10.4 Å². The van der Waals surface area contributed by atoms with E-state index in [-0.39, 0.29) is 17.6 Å². The molecule has 1 aliphatic carbocycles. The summed E-state index contributed by atoms with van der Waals surface area (Å²) >= 11 is 0. The third kappa shape index (κ3) is 3.40. The molecule has 2 aromatic carbocycles. The van der Waals surface area contributed by atoms with Crippen LogP contribution in [-0.4, -0.2) is 39.6 Å². The average molecular weight is 418 g/mol. The lowest BCUT2D eigenvalue weighted by atomic mass is 9.99. The van der Waals surface area contributed by atoms with Crippen LogP contribution in [0.15, 0.2) is 48.5 Å².